The molecule has 0 aliphatic carbocycles. The number of ether oxygens (including phenoxy) is 1. The summed E-state index contributed by atoms with van der Waals surface area (Å²) in [5.74, 6) is 0.634. The van der Waals surface area contributed by atoms with Crippen molar-refractivity contribution < 1.29 is 4.74 Å². The van der Waals surface area contributed by atoms with Crippen LogP contribution in [0.4, 0.5) is 11.5 Å². The molecule has 5 aromatic rings. The van der Waals surface area contributed by atoms with E-state index in [1.54, 1.807) is 30.2 Å². The zero-order valence-corrected chi connectivity index (χ0v) is 20.4. The van der Waals surface area contributed by atoms with Crippen LogP contribution in [0.15, 0.2) is 59.7 Å². The van der Waals surface area contributed by atoms with Crippen LogP contribution in [0.2, 0.25) is 10.0 Å². The van der Waals surface area contributed by atoms with Crippen molar-refractivity contribution >= 4 is 56.5 Å². The summed E-state index contributed by atoms with van der Waals surface area (Å²) in [5.41, 5.74) is 2.94. The molecule has 1 saturated heterocycles. The first-order chi connectivity index (χ1) is 17.0. The minimum atomic E-state index is -0.260. The van der Waals surface area contributed by atoms with Crippen molar-refractivity contribution in [3.8, 4) is 5.69 Å². The van der Waals surface area contributed by atoms with Crippen LogP contribution in [0.3, 0.4) is 0 Å². The number of nitrogens with zero attached hydrogens (tertiary/aromatic N) is 5. The van der Waals surface area contributed by atoms with Gasteiger partial charge in [-0.25, -0.2) is 9.36 Å². The lowest BCUT2D eigenvalue weighted by Crippen LogP contribution is -2.18. The molecular weight excluding hydrogens is 487 g/mol. The lowest BCUT2D eigenvalue weighted by molar-refractivity contribution is -0.0366. The number of para-hydroxylation sites is 1. The zero-order valence-electron chi connectivity index (χ0n) is 18.9. The van der Waals surface area contributed by atoms with Crippen LogP contribution >= 0.6 is 23.2 Å². The molecule has 1 fully saturated rings. The van der Waals surface area contributed by atoms with Gasteiger partial charge in [-0.3, -0.25) is 4.79 Å². The second-order valence-corrected chi connectivity index (χ2v) is 9.42. The minimum Gasteiger partial charge on any atom is -0.356 e. The number of benzene rings is 2. The van der Waals surface area contributed by atoms with Gasteiger partial charge in [-0.05, 0) is 49.6 Å². The molecule has 0 amide bonds. The monoisotopic (exact) mass is 508 g/mol. The maximum absolute atomic E-state index is 12.1. The van der Waals surface area contributed by atoms with Gasteiger partial charge in [-0.15, -0.1) is 5.10 Å². The molecule has 0 spiro atoms. The van der Waals surface area contributed by atoms with Gasteiger partial charge in [0.05, 0.1) is 33.6 Å². The quantitative estimate of drug-likeness (QED) is 0.330. The van der Waals surface area contributed by atoms with Crippen LogP contribution in [-0.2, 0) is 11.8 Å². The summed E-state index contributed by atoms with van der Waals surface area (Å²) in [7, 11) is 1.66. The number of hydrogen-bond donors (Lipinski definition) is 1. The summed E-state index contributed by atoms with van der Waals surface area (Å²) in [6, 6.07) is 13.4. The summed E-state index contributed by atoms with van der Waals surface area (Å²) >= 11 is 13.0. The van der Waals surface area contributed by atoms with E-state index >= 15 is 0 Å². The van der Waals surface area contributed by atoms with Gasteiger partial charge in [0.1, 0.15) is 5.02 Å². The molecule has 10 heteroatoms. The van der Waals surface area contributed by atoms with Gasteiger partial charge >= 0.3 is 0 Å². The predicted molar refractivity (Wildman–Crippen MR) is 138 cm³/mol. The molecule has 0 saturated carbocycles. The Morgan fingerprint density at radius 3 is 2.74 bits per heavy atom. The van der Waals surface area contributed by atoms with Crippen LogP contribution in [0, 0.1) is 0 Å². The minimum absolute atomic E-state index is 0.0653. The molecule has 1 aliphatic heterocycles. The molecular formula is C25H22Cl2N6O2. The molecule has 2 aromatic carbocycles. The van der Waals surface area contributed by atoms with Crippen molar-refractivity contribution in [2.45, 2.75) is 25.5 Å². The van der Waals surface area contributed by atoms with Crippen LogP contribution in [0.5, 0.6) is 0 Å². The van der Waals surface area contributed by atoms with Gasteiger partial charge in [-0.2, -0.15) is 5.10 Å². The average Bonchev–Trinajstić information content (AvgIpc) is 3.47. The number of rotatable bonds is 4. The maximum Gasteiger partial charge on any atom is 0.269 e. The van der Waals surface area contributed by atoms with E-state index in [-0.39, 0.29) is 16.8 Å². The SMILES string of the molecule is Cn1cc(-n2nc(Nc3ccc4c(cnn4C4CCCCO4)c3Cl)c3ccccc32)cc(Cl)c1=O. The Hall–Kier alpha value is -3.33. The number of aromatic nitrogens is 5. The van der Waals surface area contributed by atoms with Crippen molar-refractivity contribution in [3.05, 3.63) is 75.3 Å². The zero-order chi connectivity index (χ0) is 24.1. The van der Waals surface area contributed by atoms with Gasteiger partial charge in [0.2, 0.25) is 0 Å². The van der Waals surface area contributed by atoms with Crippen LogP contribution in [0.25, 0.3) is 27.5 Å². The van der Waals surface area contributed by atoms with Gasteiger partial charge in [0.25, 0.3) is 5.56 Å². The topological polar surface area (TPSA) is 78.9 Å². The first-order valence-corrected chi connectivity index (χ1v) is 12.2. The Labute approximate surface area is 210 Å². The molecule has 0 radical (unpaired) electrons. The van der Waals surface area contributed by atoms with Crippen molar-refractivity contribution in [2.24, 2.45) is 7.05 Å². The van der Waals surface area contributed by atoms with Gasteiger partial charge < -0.3 is 14.6 Å². The summed E-state index contributed by atoms with van der Waals surface area (Å²) in [5, 5.41) is 15.2. The highest BCUT2D eigenvalue weighted by Crippen LogP contribution is 2.36. The third-order valence-corrected chi connectivity index (χ3v) is 7.03. The highest BCUT2D eigenvalue weighted by molar-refractivity contribution is 6.38. The van der Waals surface area contributed by atoms with Gasteiger partial charge in [0.15, 0.2) is 12.0 Å². The van der Waals surface area contributed by atoms with E-state index in [0.717, 1.165) is 53.4 Å². The summed E-state index contributed by atoms with van der Waals surface area (Å²) in [4.78, 5) is 12.1. The fraction of sp³-hybridized carbons (Fsp3) is 0.240. The predicted octanol–water partition coefficient (Wildman–Crippen LogP) is 5.82. The molecule has 1 atom stereocenters. The number of anilines is 2. The molecule has 8 nitrogen and oxygen atoms in total. The molecule has 178 valence electrons. The van der Waals surface area contributed by atoms with E-state index < -0.39 is 0 Å². The van der Waals surface area contributed by atoms with E-state index in [1.165, 1.54) is 4.57 Å². The summed E-state index contributed by atoms with van der Waals surface area (Å²) in [6.45, 7) is 0.746. The van der Waals surface area contributed by atoms with Crippen LogP contribution < -0.4 is 10.9 Å². The fourth-order valence-electron chi connectivity index (χ4n) is 4.58. The standard InChI is InChI=1S/C25H22Cl2N6O2/c1-31-14-15(12-18(26)25(31)34)32-20-7-3-2-6-16(20)24(30-32)29-19-9-10-21-17(23(19)27)13-28-33(21)22-8-4-5-11-35-22/h2-3,6-7,9-10,12-14,22H,4-5,8,11H2,1H3,(H,29,30). The number of pyridine rings is 1. The van der Waals surface area contributed by atoms with Crippen LogP contribution in [-0.4, -0.2) is 30.7 Å². The first kappa shape index (κ1) is 22.2. The smallest absolute Gasteiger partial charge is 0.269 e. The Balaban J connectivity index is 1.41. The third-order valence-electron chi connectivity index (χ3n) is 6.35. The van der Waals surface area contributed by atoms with Crippen molar-refractivity contribution in [2.75, 3.05) is 11.9 Å². The third kappa shape index (κ3) is 3.78. The molecule has 35 heavy (non-hydrogen) atoms. The molecule has 1 N–H and O–H groups in total. The Bertz CT molecular complexity index is 1600. The largest absolute Gasteiger partial charge is 0.356 e. The second kappa shape index (κ2) is 8.71. The highest BCUT2D eigenvalue weighted by atomic mass is 35.5. The second-order valence-electron chi connectivity index (χ2n) is 8.64. The highest BCUT2D eigenvalue weighted by Gasteiger charge is 2.21. The normalized spacial score (nSPS) is 16.3. The lowest BCUT2D eigenvalue weighted by Gasteiger charge is -2.23. The van der Waals surface area contributed by atoms with Gasteiger partial charge in [-0.1, -0.05) is 35.3 Å². The van der Waals surface area contributed by atoms with E-state index in [2.05, 4.69) is 10.4 Å². The van der Waals surface area contributed by atoms with Crippen molar-refractivity contribution in [1.29, 1.82) is 0 Å². The Morgan fingerprint density at radius 2 is 1.94 bits per heavy atom. The molecule has 3 aromatic heterocycles. The van der Waals surface area contributed by atoms with E-state index in [4.69, 9.17) is 33.0 Å². The maximum atomic E-state index is 12.1. The van der Waals surface area contributed by atoms with E-state index in [0.29, 0.717) is 16.5 Å². The Morgan fingerprint density at radius 1 is 1.09 bits per heavy atom. The number of hydrogen-bond acceptors (Lipinski definition) is 5. The van der Waals surface area contributed by atoms with E-state index in [1.807, 2.05) is 41.1 Å². The molecule has 1 aliphatic rings. The van der Waals surface area contributed by atoms with Crippen molar-refractivity contribution in [3.63, 3.8) is 0 Å². The lowest BCUT2D eigenvalue weighted by atomic mass is 10.2. The molecule has 6 rings (SSSR count). The number of aryl methyl sites for hydroxylation is 1. The summed E-state index contributed by atoms with van der Waals surface area (Å²) < 4.78 is 11.0. The first-order valence-electron chi connectivity index (χ1n) is 11.4. The van der Waals surface area contributed by atoms with Crippen molar-refractivity contribution in [1.82, 2.24) is 24.1 Å². The van der Waals surface area contributed by atoms with Gasteiger partial charge in [0, 0.05) is 30.6 Å². The fourth-order valence-corrected chi connectivity index (χ4v) is 5.08. The average molecular weight is 509 g/mol. The number of nitrogens with one attached hydrogen (secondary N) is 1. The number of fused-ring (bicyclic) bond motifs is 2. The van der Waals surface area contributed by atoms with E-state index in [9.17, 15) is 4.79 Å². The Kier molecular flexibility index (Phi) is 5.51. The molecule has 0 bridgehead atoms. The molecule has 4 heterocycles. The number of halogens is 2. The summed E-state index contributed by atoms with van der Waals surface area (Å²) in [6.07, 6.45) is 6.56. The van der Waals surface area contributed by atoms with Crippen LogP contribution in [0.1, 0.15) is 25.5 Å². The molecule has 1 unspecified atom stereocenters.